The molecule has 184 valence electrons. The maximum absolute atomic E-state index is 2.45. The van der Waals surface area contributed by atoms with E-state index in [2.05, 4.69) is 146 Å². The molecule has 0 unspecified atom stereocenters. The van der Waals surface area contributed by atoms with Crippen LogP contribution < -0.4 is 0 Å². The average molecular weight is 505 g/mol. The Morgan fingerprint density at radius 3 is 1.68 bits per heavy atom. The number of hydrogen-bond donors (Lipinski definition) is 0. The van der Waals surface area contributed by atoms with Crippen LogP contribution in [-0.2, 0) is 0 Å². The molecule has 9 aromatic carbocycles. The summed E-state index contributed by atoms with van der Waals surface area (Å²) < 4.78 is 0. The van der Waals surface area contributed by atoms with Crippen LogP contribution in [-0.4, -0.2) is 0 Å². The number of benzene rings is 9. The number of hydrogen-bond acceptors (Lipinski definition) is 0. The van der Waals surface area contributed by atoms with Crippen LogP contribution >= 0.6 is 0 Å². The van der Waals surface area contributed by atoms with Crippen molar-refractivity contribution in [2.24, 2.45) is 0 Å². The SMILES string of the molecule is c1ccc(-c2cc(-c3c4ccccc4cc4c3ccc3ccccc34)c3ccc4cccc5ccc2c3c54)cc1. The van der Waals surface area contributed by atoms with Crippen molar-refractivity contribution in [3.63, 3.8) is 0 Å². The predicted octanol–water partition coefficient (Wildman–Crippen LogP) is 11.4. The van der Waals surface area contributed by atoms with Gasteiger partial charge in [-0.05, 0) is 99.0 Å². The minimum atomic E-state index is 1.25. The van der Waals surface area contributed by atoms with Crippen molar-refractivity contribution in [3.8, 4) is 22.3 Å². The summed E-state index contributed by atoms with van der Waals surface area (Å²) in [5, 5.41) is 15.7. The lowest BCUT2D eigenvalue weighted by Gasteiger charge is -2.20. The zero-order chi connectivity index (χ0) is 26.2. The van der Waals surface area contributed by atoms with Gasteiger partial charge in [0, 0.05) is 0 Å². The zero-order valence-electron chi connectivity index (χ0n) is 21.9. The topological polar surface area (TPSA) is 0 Å². The molecule has 0 atom stereocenters. The zero-order valence-corrected chi connectivity index (χ0v) is 21.9. The van der Waals surface area contributed by atoms with Crippen molar-refractivity contribution in [1.29, 1.82) is 0 Å². The van der Waals surface area contributed by atoms with Crippen LogP contribution in [0.3, 0.4) is 0 Å². The van der Waals surface area contributed by atoms with Gasteiger partial charge >= 0.3 is 0 Å². The summed E-state index contributed by atoms with van der Waals surface area (Å²) in [5.74, 6) is 0. The Balaban J connectivity index is 1.55. The Bertz CT molecular complexity index is 2400. The summed E-state index contributed by atoms with van der Waals surface area (Å²) in [7, 11) is 0. The molecule has 0 spiro atoms. The van der Waals surface area contributed by atoms with Gasteiger partial charge in [0.15, 0.2) is 0 Å². The van der Waals surface area contributed by atoms with Gasteiger partial charge in [-0.15, -0.1) is 0 Å². The van der Waals surface area contributed by atoms with Crippen molar-refractivity contribution in [2.75, 3.05) is 0 Å². The fourth-order valence-corrected chi connectivity index (χ4v) is 7.01. The molecule has 0 N–H and O–H groups in total. The van der Waals surface area contributed by atoms with E-state index in [1.54, 1.807) is 0 Å². The standard InChI is InChI=1S/C40H24/c1-2-9-25(10-3-1)35-24-37(34-22-19-28-14-8-13-27-18-21-32(35)40(34)38(27)28)39-31-16-7-5-12-29(31)23-36-30-15-6-4-11-26(30)17-20-33(36)39/h1-24H. The molecule has 0 saturated heterocycles. The minimum Gasteiger partial charge on any atom is -0.0622 e. The molecule has 40 heavy (non-hydrogen) atoms. The van der Waals surface area contributed by atoms with Gasteiger partial charge < -0.3 is 0 Å². The van der Waals surface area contributed by atoms with Crippen molar-refractivity contribution < 1.29 is 0 Å². The molecular formula is C40H24. The fourth-order valence-electron chi connectivity index (χ4n) is 7.01. The van der Waals surface area contributed by atoms with Crippen molar-refractivity contribution in [3.05, 3.63) is 146 Å². The second-order valence-corrected chi connectivity index (χ2v) is 10.9. The molecule has 0 aromatic heterocycles. The smallest absolute Gasteiger partial charge is 0.00143 e. The first-order chi connectivity index (χ1) is 19.8. The number of rotatable bonds is 2. The molecule has 0 aliphatic carbocycles. The van der Waals surface area contributed by atoms with Crippen LogP contribution in [0.15, 0.2) is 146 Å². The molecule has 0 heterocycles. The molecule has 9 aromatic rings. The highest BCUT2D eigenvalue weighted by molar-refractivity contribution is 6.31. The van der Waals surface area contributed by atoms with E-state index in [9.17, 15) is 0 Å². The Kier molecular flexibility index (Phi) is 4.42. The molecule has 0 aliphatic heterocycles. The molecular weight excluding hydrogens is 480 g/mol. The van der Waals surface area contributed by atoms with E-state index in [1.807, 2.05) is 0 Å². The van der Waals surface area contributed by atoms with Crippen LogP contribution in [0.5, 0.6) is 0 Å². The Morgan fingerprint density at radius 2 is 0.875 bits per heavy atom. The van der Waals surface area contributed by atoms with E-state index >= 15 is 0 Å². The van der Waals surface area contributed by atoms with E-state index in [1.165, 1.54) is 86.9 Å². The summed E-state index contributed by atoms with van der Waals surface area (Å²) in [6.45, 7) is 0. The molecule has 0 fully saturated rings. The fraction of sp³-hybridized carbons (Fsp3) is 0. The highest BCUT2D eigenvalue weighted by Gasteiger charge is 2.20. The number of fused-ring (bicyclic) bond motifs is 4. The maximum atomic E-state index is 2.45. The third kappa shape index (κ3) is 2.96. The van der Waals surface area contributed by atoms with Crippen LogP contribution in [0.2, 0.25) is 0 Å². The van der Waals surface area contributed by atoms with Gasteiger partial charge in [-0.1, -0.05) is 133 Å². The maximum Gasteiger partial charge on any atom is -0.00143 e. The molecule has 0 bridgehead atoms. The lowest BCUT2D eigenvalue weighted by molar-refractivity contribution is 1.66. The predicted molar refractivity (Wildman–Crippen MR) is 174 cm³/mol. The summed E-state index contributed by atoms with van der Waals surface area (Å²) in [6.07, 6.45) is 0. The summed E-state index contributed by atoms with van der Waals surface area (Å²) in [4.78, 5) is 0. The van der Waals surface area contributed by atoms with Crippen LogP contribution in [0.25, 0.3) is 86.9 Å². The van der Waals surface area contributed by atoms with Crippen molar-refractivity contribution in [1.82, 2.24) is 0 Å². The van der Waals surface area contributed by atoms with Gasteiger partial charge in [0.25, 0.3) is 0 Å². The molecule has 0 aliphatic rings. The first-order valence-electron chi connectivity index (χ1n) is 13.9. The van der Waals surface area contributed by atoms with Gasteiger partial charge in [0.1, 0.15) is 0 Å². The first-order valence-corrected chi connectivity index (χ1v) is 13.9. The molecule has 0 nitrogen and oxygen atoms in total. The van der Waals surface area contributed by atoms with Crippen LogP contribution in [0.4, 0.5) is 0 Å². The Labute approximate surface area is 232 Å². The lowest BCUT2D eigenvalue weighted by atomic mass is 9.83. The summed E-state index contributed by atoms with van der Waals surface area (Å²) >= 11 is 0. The molecule has 9 rings (SSSR count). The van der Waals surface area contributed by atoms with E-state index in [0.29, 0.717) is 0 Å². The van der Waals surface area contributed by atoms with Gasteiger partial charge in [0.2, 0.25) is 0 Å². The van der Waals surface area contributed by atoms with Gasteiger partial charge in [-0.2, -0.15) is 0 Å². The molecule has 0 amide bonds. The monoisotopic (exact) mass is 504 g/mol. The van der Waals surface area contributed by atoms with E-state index in [-0.39, 0.29) is 0 Å². The normalized spacial score (nSPS) is 12.0. The van der Waals surface area contributed by atoms with Gasteiger partial charge in [0.05, 0.1) is 0 Å². The molecule has 0 saturated carbocycles. The molecule has 0 heteroatoms. The second kappa shape index (κ2) is 8.15. The second-order valence-electron chi connectivity index (χ2n) is 10.9. The minimum absolute atomic E-state index is 1.25. The highest BCUT2D eigenvalue weighted by atomic mass is 14.2. The molecule has 0 radical (unpaired) electrons. The van der Waals surface area contributed by atoms with Crippen LogP contribution in [0.1, 0.15) is 0 Å². The van der Waals surface area contributed by atoms with Crippen molar-refractivity contribution >= 4 is 64.6 Å². The van der Waals surface area contributed by atoms with Crippen molar-refractivity contribution in [2.45, 2.75) is 0 Å². The highest BCUT2D eigenvalue weighted by Crippen LogP contribution is 2.47. The lowest BCUT2D eigenvalue weighted by Crippen LogP contribution is -1.93. The van der Waals surface area contributed by atoms with E-state index in [4.69, 9.17) is 0 Å². The van der Waals surface area contributed by atoms with Gasteiger partial charge in [-0.3, -0.25) is 0 Å². The quantitative estimate of drug-likeness (QED) is 0.162. The Hall–Kier alpha value is -5.20. The largest absolute Gasteiger partial charge is 0.0622 e. The Morgan fingerprint density at radius 1 is 0.275 bits per heavy atom. The summed E-state index contributed by atoms with van der Waals surface area (Å²) in [5.41, 5.74) is 5.13. The third-order valence-electron chi connectivity index (χ3n) is 8.77. The first kappa shape index (κ1) is 21.7. The third-order valence-corrected chi connectivity index (χ3v) is 8.77. The summed E-state index contributed by atoms with van der Waals surface area (Å²) in [6, 6.07) is 53.9. The average Bonchev–Trinajstić information content (AvgIpc) is 3.03. The van der Waals surface area contributed by atoms with Gasteiger partial charge in [-0.25, -0.2) is 0 Å². The van der Waals surface area contributed by atoms with E-state index in [0.717, 1.165) is 0 Å². The van der Waals surface area contributed by atoms with Crippen LogP contribution in [0, 0.1) is 0 Å². The van der Waals surface area contributed by atoms with E-state index < -0.39 is 0 Å².